The van der Waals surface area contributed by atoms with E-state index in [0.717, 1.165) is 37.3 Å². The van der Waals surface area contributed by atoms with Crippen molar-refractivity contribution in [2.24, 2.45) is 0 Å². The van der Waals surface area contributed by atoms with Crippen molar-refractivity contribution in [1.29, 1.82) is 0 Å². The Balaban J connectivity index is 1.94. The van der Waals surface area contributed by atoms with E-state index in [1.54, 1.807) is 6.26 Å². The number of likely N-dealkylation sites (N-methyl/N-ethyl adjacent to an activating group) is 1. The van der Waals surface area contributed by atoms with E-state index < -0.39 is 0 Å². The van der Waals surface area contributed by atoms with Gasteiger partial charge in [-0.25, -0.2) is 0 Å². The molecule has 0 bridgehead atoms. The van der Waals surface area contributed by atoms with Gasteiger partial charge in [0.15, 0.2) is 0 Å². The first-order valence-electron chi connectivity index (χ1n) is 6.96. The molecule has 2 aromatic rings. The molecule has 19 heavy (non-hydrogen) atoms. The highest BCUT2D eigenvalue weighted by Gasteiger charge is 2.12. The van der Waals surface area contributed by atoms with Crippen molar-refractivity contribution in [2.45, 2.75) is 45.7 Å². The van der Waals surface area contributed by atoms with Gasteiger partial charge in [-0.1, -0.05) is 0 Å². The lowest BCUT2D eigenvalue weighted by Gasteiger charge is -2.16. The number of hydrogen-bond donors (Lipinski definition) is 1. The minimum absolute atomic E-state index is 0.450. The van der Waals surface area contributed by atoms with E-state index in [1.165, 1.54) is 5.69 Å². The molecule has 4 nitrogen and oxygen atoms in total. The Labute approximate surface area is 114 Å². The molecular weight excluding hydrogens is 238 g/mol. The predicted octanol–water partition coefficient (Wildman–Crippen LogP) is 2.57. The summed E-state index contributed by atoms with van der Waals surface area (Å²) in [5.74, 6) is 1.06. The molecule has 104 valence electrons. The first kappa shape index (κ1) is 13.9. The zero-order valence-electron chi connectivity index (χ0n) is 12.0. The molecule has 1 N–H and O–H groups in total. The second-order valence-electron chi connectivity index (χ2n) is 4.90. The maximum atomic E-state index is 5.38. The number of hydrogen-bond acceptors (Lipinski definition) is 3. The van der Waals surface area contributed by atoms with Gasteiger partial charge in [-0.3, -0.25) is 4.68 Å². The van der Waals surface area contributed by atoms with E-state index in [1.807, 2.05) is 26.1 Å². The molecule has 0 saturated carbocycles. The zero-order valence-corrected chi connectivity index (χ0v) is 12.0. The van der Waals surface area contributed by atoms with Gasteiger partial charge >= 0.3 is 0 Å². The monoisotopic (exact) mass is 261 g/mol. The maximum absolute atomic E-state index is 5.38. The van der Waals surface area contributed by atoms with E-state index in [0.29, 0.717) is 6.04 Å². The van der Waals surface area contributed by atoms with Crippen molar-refractivity contribution in [2.75, 3.05) is 7.05 Å². The minimum atomic E-state index is 0.450. The average Bonchev–Trinajstić information content (AvgIpc) is 3.03. The van der Waals surface area contributed by atoms with Crippen molar-refractivity contribution >= 4 is 0 Å². The Morgan fingerprint density at radius 1 is 1.47 bits per heavy atom. The molecule has 0 fully saturated rings. The quantitative estimate of drug-likeness (QED) is 0.833. The van der Waals surface area contributed by atoms with Crippen molar-refractivity contribution < 1.29 is 4.42 Å². The largest absolute Gasteiger partial charge is 0.469 e. The molecule has 0 radical (unpaired) electrons. The highest BCUT2D eigenvalue weighted by atomic mass is 16.3. The van der Waals surface area contributed by atoms with E-state index in [2.05, 4.69) is 28.1 Å². The summed E-state index contributed by atoms with van der Waals surface area (Å²) in [6.45, 7) is 5.11. The van der Waals surface area contributed by atoms with Crippen LogP contribution in [0.1, 0.15) is 30.5 Å². The number of furan rings is 1. The molecule has 2 aromatic heterocycles. The molecule has 2 rings (SSSR count). The normalized spacial score (nSPS) is 12.8. The maximum Gasteiger partial charge on any atom is 0.103 e. The molecule has 0 aliphatic carbocycles. The molecular formula is C15H23N3O. The van der Waals surface area contributed by atoms with Gasteiger partial charge in [-0.2, -0.15) is 5.10 Å². The van der Waals surface area contributed by atoms with Crippen molar-refractivity contribution in [3.63, 3.8) is 0 Å². The van der Waals surface area contributed by atoms with Crippen molar-refractivity contribution in [3.8, 4) is 0 Å². The number of nitrogens with one attached hydrogen (secondary N) is 1. The van der Waals surface area contributed by atoms with Crippen LogP contribution < -0.4 is 5.32 Å². The van der Waals surface area contributed by atoms with E-state index >= 15 is 0 Å². The third kappa shape index (κ3) is 3.70. The summed E-state index contributed by atoms with van der Waals surface area (Å²) < 4.78 is 7.47. The van der Waals surface area contributed by atoms with Crippen LogP contribution in [0.5, 0.6) is 0 Å². The van der Waals surface area contributed by atoms with Crippen LogP contribution in [-0.2, 0) is 19.4 Å². The van der Waals surface area contributed by atoms with Gasteiger partial charge in [-0.15, -0.1) is 0 Å². The molecule has 4 heteroatoms. The highest BCUT2D eigenvalue weighted by molar-refractivity contribution is 5.10. The second-order valence-corrected chi connectivity index (χ2v) is 4.90. The van der Waals surface area contributed by atoms with E-state index in [4.69, 9.17) is 4.42 Å². The number of aryl methyl sites for hydroxylation is 3. The van der Waals surface area contributed by atoms with Crippen LogP contribution in [0.15, 0.2) is 28.9 Å². The lowest BCUT2D eigenvalue weighted by Crippen LogP contribution is -2.29. The van der Waals surface area contributed by atoms with Gasteiger partial charge in [0.1, 0.15) is 5.76 Å². The van der Waals surface area contributed by atoms with Crippen LogP contribution in [0.3, 0.4) is 0 Å². The molecule has 0 aliphatic rings. The standard InChI is InChI=1S/C15H23N3O/c1-4-18-14(10-12(2)17-18)11-13(16-3)7-8-15-6-5-9-19-15/h5-6,9-10,13,16H,4,7-8,11H2,1-3H3. The molecule has 0 amide bonds. The number of nitrogens with zero attached hydrogens (tertiary/aromatic N) is 2. The molecule has 0 spiro atoms. The van der Waals surface area contributed by atoms with Crippen LogP contribution >= 0.6 is 0 Å². The number of aromatic nitrogens is 2. The van der Waals surface area contributed by atoms with Crippen molar-refractivity contribution in [3.05, 3.63) is 41.6 Å². The summed E-state index contributed by atoms with van der Waals surface area (Å²) in [4.78, 5) is 0. The second kappa shape index (κ2) is 6.57. The summed E-state index contributed by atoms with van der Waals surface area (Å²) in [5, 5.41) is 7.89. The third-order valence-corrected chi connectivity index (χ3v) is 3.47. The smallest absolute Gasteiger partial charge is 0.103 e. The fourth-order valence-electron chi connectivity index (χ4n) is 2.41. The molecule has 1 unspecified atom stereocenters. The fraction of sp³-hybridized carbons (Fsp3) is 0.533. The number of rotatable bonds is 7. The molecule has 0 aromatic carbocycles. The summed E-state index contributed by atoms with van der Waals surface area (Å²) in [6.07, 6.45) is 4.78. The summed E-state index contributed by atoms with van der Waals surface area (Å²) >= 11 is 0. The van der Waals surface area contributed by atoms with Crippen LogP contribution in [0, 0.1) is 6.92 Å². The Kier molecular flexibility index (Phi) is 4.80. The highest BCUT2D eigenvalue weighted by Crippen LogP contribution is 2.12. The molecule has 2 heterocycles. The van der Waals surface area contributed by atoms with Gasteiger partial charge < -0.3 is 9.73 Å². The first-order chi connectivity index (χ1) is 9.22. The Bertz CT molecular complexity index is 487. The predicted molar refractivity (Wildman–Crippen MR) is 76.2 cm³/mol. The minimum Gasteiger partial charge on any atom is -0.469 e. The topological polar surface area (TPSA) is 43.0 Å². The fourth-order valence-corrected chi connectivity index (χ4v) is 2.41. The summed E-state index contributed by atoms with van der Waals surface area (Å²) in [5.41, 5.74) is 2.40. The zero-order chi connectivity index (χ0) is 13.7. The molecule has 0 saturated heterocycles. The molecule has 1 atom stereocenters. The Hall–Kier alpha value is -1.55. The Morgan fingerprint density at radius 3 is 2.95 bits per heavy atom. The van der Waals surface area contributed by atoms with Crippen LogP contribution in [0.25, 0.3) is 0 Å². The summed E-state index contributed by atoms with van der Waals surface area (Å²) in [7, 11) is 2.02. The van der Waals surface area contributed by atoms with Gasteiger partial charge in [0, 0.05) is 31.1 Å². The third-order valence-electron chi connectivity index (χ3n) is 3.47. The van der Waals surface area contributed by atoms with Gasteiger partial charge in [0.2, 0.25) is 0 Å². The van der Waals surface area contributed by atoms with Crippen molar-refractivity contribution in [1.82, 2.24) is 15.1 Å². The van der Waals surface area contributed by atoms with Gasteiger partial charge in [0.25, 0.3) is 0 Å². The first-order valence-corrected chi connectivity index (χ1v) is 6.96. The van der Waals surface area contributed by atoms with Crippen LogP contribution in [0.2, 0.25) is 0 Å². The average molecular weight is 261 g/mol. The lowest BCUT2D eigenvalue weighted by molar-refractivity contribution is 0.451. The van der Waals surface area contributed by atoms with Gasteiger partial charge in [0.05, 0.1) is 12.0 Å². The Morgan fingerprint density at radius 2 is 2.32 bits per heavy atom. The van der Waals surface area contributed by atoms with Gasteiger partial charge in [-0.05, 0) is 45.5 Å². The van der Waals surface area contributed by atoms with Crippen LogP contribution in [0.4, 0.5) is 0 Å². The van der Waals surface area contributed by atoms with E-state index in [-0.39, 0.29) is 0 Å². The molecule has 0 aliphatic heterocycles. The van der Waals surface area contributed by atoms with E-state index in [9.17, 15) is 0 Å². The summed E-state index contributed by atoms with van der Waals surface area (Å²) in [6, 6.07) is 6.61. The van der Waals surface area contributed by atoms with Crippen LogP contribution in [-0.4, -0.2) is 22.9 Å². The lowest BCUT2D eigenvalue weighted by atomic mass is 10.0. The SMILES string of the molecule is CCn1nc(C)cc1CC(CCc1ccco1)NC.